The summed E-state index contributed by atoms with van der Waals surface area (Å²) < 4.78 is 11.8. The van der Waals surface area contributed by atoms with E-state index in [0.717, 1.165) is 50.5 Å². The van der Waals surface area contributed by atoms with E-state index >= 15 is 0 Å². The molecule has 3 fully saturated rings. The van der Waals surface area contributed by atoms with Crippen molar-refractivity contribution in [3.63, 3.8) is 0 Å². The minimum Gasteiger partial charge on any atom is -0.381 e. The fourth-order valence-electron chi connectivity index (χ4n) is 4.83. The summed E-state index contributed by atoms with van der Waals surface area (Å²) in [6.07, 6.45) is 11.7. The molecule has 1 aliphatic carbocycles. The van der Waals surface area contributed by atoms with Crippen molar-refractivity contribution < 1.29 is 9.47 Å². The molecule has 0 bridgehead atoms. The van der Waals surface area contributed by atoms with Gasteiger partial charge < -0.3 is 14.8 Å². The fraction of sp³-hybridized carbons (Fsp3) is 1.00. The van der Waals surface area contributed by atoms with Crippen LogP contribution in [0, 0.1) is 11.8 Å². The minimum atomic E-state index is 0.161. The maximum absolute atomic E-state index is 6.24. The molecular formula is C18H33NO2. The third-order valence-corrected chi connectivity index (χ3v) is 6.02. The smallest absolute Gasteiger partial charge is 0.0729 e. The summed E-state index contributed by atoms with van der Waals surface area (Å²) in [6.45, 7) is 6.23. The summed E-state index contributed by atoms with van der Waals surface area (Å²) in [5, 5.41) is 3.84. The van der Waals surface area contributed by atoms with E-state index in [9.17, 15) is 0 Å². The van der Waals surface area contributed by atoms with Crippen molar-refractivity contribution in [1.82, 2.24) is 5.32 Å². The van der Waals surface area contributed by atoms with E-state index in [1.54, 1.807) is 0 Å². The first kappa shape index (κ1) is 15.8. The maximum Gasteiger partial charge on any atom is 0.0729 e. The third kappa shape index (κ3) is 3.80. The van der Waals surface area contributed by atoms with E-state index in [1.807, 2.05) is 0 Å². The first-order chi connectivity index (χ1) is 10.3. The van der Waals surface area contributed by atoms with Gasteiger partial charge in [0, 0.05) is 25.9 Å². The predicted molar refractivity (Wildman–Crippen MR) is 85.5 cm³/mol. The zero-order valence-corrected chi connectivity index (χ0v) is 13.7. The lowest BCUT2D eigenvalue weighted by atomic mass is 9.69. The molecule has 0 amide bonds. The molecule has 3 nitrogen and oxygen atoms in total. The normalized spacial score (nSPS) is 36.7. The minimum absolute atomic E-state index is 0.161. The number of nitrogens with one attached hydrogen (secondary N) is 1. The zero-order valence-electron chi connectivity index (χ0n) is 13.7. The molecular weight excluding hydrogens is 262 g/mol. The first-order valence-electron chi connectivity index (χ1n) is 9.28. The summed E-state index contributed by atoms with van der Waals surface area (Å²) in [7, 11) is 0. The van der Waals surface area contributed by atoms with Crippen molar-refractivity contribution in [3.8, 4) is 0 Å². The van der Waals surface area contributed by atoms with E-state index < -0.39 is 0 Å². The van der Waals surface area contributed by atoms with Crippen LogP contribution in [0.1, 0.15) is 64.7 Å². The van der Waals surface area contributed by atoms with Gasteiger partial charge in [0.1, 0.15) is 0 Å². The van der Waals surface area contributed by atoms with E-state index in [2.05, 4.69) is 12.2 Å². The highest BCUT2D eigenvalue weighted by Crippen LogP contribution is 2.43. The lowest BCUT2D eigenvalue weighted by Gasteiger charge is -2.47. The molecule has 3 atom stereocenters. The largest absolute Gasteiger partial charge is 0.381 e. The summed E-state index contributed by atoms with van der Waals surface area (Å²) in [4.78, 5) is 0. The first-order valence-corrected chi connectivity index (χ1v) is 9.28. The van der Waals surface area contributed by atoms with Gasteiger partial charge in [0.05, 0.1) is 5.60 Å². The van der Waals surface area contributed by atoms with Crippen LogP contribution in [0.2, 0.25) is 0 Å². The zero-order chi connectivity index (χ0) is 14.5. The summed E-state index contributed by atoms with van der Waals surface area (Å²) >= 11 is 0. The molecule has 3 unspecified atom stereocenters. The molecule has 21 heavy (non-hydrogen) atoms. The van der Waals surface area contributed by atoms with Crippen LogP contribution in [0.4, 0.5) is 0 Å². The Morgan fingerprint density at radius 3 is 2.67 bits per heavy atom. The van der Waals surface area contributed by atoms with Gasteiger partial charge in [0.2, 0.25) is 0 Å². The SMILES string of the molecule is CCCNC1CCCCC1C1CCOC2(CCOCC2)C1. The van der Waals surface area contributed by atoms with Gasteiger partial charge >= 0.3 is 0 Å². The molecule has 0 aromatic heterocycles. The van der Waals surface area contributed by atoms with Crippen molar-refractivity contribution in [2.75, 3.05) is 26.4 Å². The molecule has 1 N–H and O–H groups in total. The van der Waals surface area contributed by atoms with Crippen molar-refractivity contribution >= 4 is 0 Å². The molecule has 2 aliphatic heterocycles. The van der Waals surface area contributed by atoms with E-state index in [-0.39, 0.29) is 5.60 Å². The second kappa shape index (κ2) is 7.43. The standard InChI is InChI=1S/C18H33NO2/c1-2-10-19-17-6-4-3-5-16(17)15-7-11-21-18(14-15)8-12-20-13-9-18/h15-17,19H,2-14H2,1H3. The summed E-state index contributed by atoms with van der Waals surface area (Å²) in [6, 6.07) is 0.763. The molecule has 3 rings (SSSR count). The van der Waals surface area contributed by atoms with Gasteiger partial charge in [-0.15, -0.1) is 0 Å². The van der Waals surface area contributed by atoms with Gasteiger partial charge in [-0.1, -0.05) is 19.8 Å². The van der Waals surface area contributed by atoms with Crippen LogP contribution in [0.25, 0.3) is 0 Å². The molecule has 0 aromatic rings. The van der Waals surface area contributed by atoms with E-state index in [1.165, 1.54) is 51.5 Å². The fourth-order valence-corrected chi connectivity index (χ4v) is 4.83. The maximum atomic E-state index is 6.24. The van der Waals surface area contributed by atoms with Gasteiger partial charge in [0.25, 0.3) is 0 Å². The molecule has 122 valence electrons. The van der Waals surface area contributed by atoms with Gasteiger partial charge in [-0.25, -0.2) is 0 Å². The van der Waals surface area contributed by atoms with Crippen molar-refractivity contribution in [2.24, 2.45) is 11.8 Å². The van der Waals surface area contributed by atoms with Crippen LogP contribution in [-0.2, 0) is 9.47 Å². The van der Waals surface area contributed by atoms with E-state index in [4.69, 9.17) is 9.47 Å². The van der Waals surface area contributed by atoms with Crippen molar-refractivity contribution in [2.45, 2.75) is 76.4 Å². The van der Waals surface area contributed by atoms with Crippen LogP contribution in [0.5, 0.6) is 0 Å². The Kier molecular flexibility index (Phi) is 5.58. The highest BCUT2D eigenvalue weighted by atomic mass is 16.5. The van der Waals surface area contributed by atoms with Crippen LogP contribution in [-0.4, -0.2) is 38.0 Å². The average molecular weight is 295 g/mol. The topological polar surface area (TPSA) is 30.5 Å². The average Bonchev–Trinajstić information content (AvgIpc) is 2.54. The highest BCUT2D eigenvalue weighted by Gasteiger charge is 2.43. The monoisotopic (exact) mass is 295 g/mol. The lowest BCUT2D eigenvalue weighted by Crippen LogP contribution is -2.49. The molecule has 2 heterocycles. The third-order valence-electron chi connectivity index (χ3n) is 6.02. The van der Waals surface area contributed by atoms with E-state index in [0.29, 0.717) is 0 Å². The Morgan fingerprint density at radius 1 is 1.05 bits per heavy atom. The number of ether oxygens (including phenoxy) is 2. The van der Waals surface area contributed by atoms with Crippen LogP contribution in [0.3, 0.4) is 0 Å². The molecule has 0 aromatic carbocycles. The number of hydrogen-bond acceptors (Lipinski definition) is 3. The summed E-state index contributed by atoms with van der Waals surface area (Å²) in [5.41, 5.74) is 0.161. The lowest BCUT2D eigenvalue weighted by molar-refractivity contribution is -0.155. The Morgan fingerprint density at radius 2 is 1.86 bits per heavy atom. The highest BCUT2D eigenvalue weighted by molar-refractivity contribution is 4.94. The van der Waals surface area contributed by atoms with Crippen LogP contribution < -0.4 is 5.32 Å². The van der Waals surface area contributed by atoms with Crippen molar-refractivity contribution in [3.05, 3.63) is 0 Å². The molecule has 0 radical (unpaired) electrons. The van der Waals surface area contributed by atoms with Gasteiger partial charge in [0.15, 0.2) is 0 Å². The number of hydrogen-bond donors (Lipinski definition) is 1. The molecule has 1 saturated carbocycles. The second-order valence-corrected chi connectivity index (χ2v) is 7.41. The quantitative estimate of drug-likeness (QED) is 0.861. The summed E-state index contributed by atoms with van der Waals surface area (Å²) in [5.74, 6) is 1.75. The number of rotatable bonds is 4. The second-order valence-electron chi connectivity index (χ2n) is 7.41. The molecule has 3 heteroatoms. The Hall–Kier alpha value is -0.120. The van der Waals surface area contributed by atoms with Crippen LogP contribution in [0.15, 0.2) is 0 Å². The molecule has 2 saturated heterocycles. The van der Waals surface area contributed by atoms with Crippen molar-refractivity contribution in [1.29, 1.82) is 0 Å². The molecule has 1 spiro atoms. The predicted octanol–water partition coefficient (Wildman–Crippen LogP) is 3.52. The van der Waals surface area contributed by atoms with Gasteiger partial charge in [-0.05, 0) is 63.3 Å². The van der Waals surface area contributed by atoms with Gasteiger partial charge in [-0.3, -0.25) is 0 Å². The Balaban J connectivity index is 1.63. The Bertz CT molecular complexity index is 309. The Labute approximate surface area is 130 Å². The van der Waals surface area contributed by atoms with Crippen LogP contribution >= 0.6 is 0 Å². The molecule has 3 aliphatic rings. The van der Waals surface area contributed by atoms with Gasteiger partial charge in [-0.2, -0.15) is 0 Å².